The fourth-order valence-corrected chi connectivity index (χ4v) is 3.11. The maximum atomic E-state index is 12.8. The van der Waals surface area contributed by atoms with Gasteiger partial charge >= 0.3 is 0 Å². The van der Waals surface area contributed by atoms with Crippen LogP contribution in [0.3, 0.4) is 0 Å². The van der Waals surface area contributed by atoms with E-state index in [0.717, 1.165) is 23.3 Å². The second-order valence-corrected chi connectivity index (χ2v) is 5.93. The largest absolute Gasteiger partial charge is 0.286 e. The summed E-state index contributed by atoms with van der Waals surface area (Å²) in [6.45, 7) is 4.09. The lowest BCUT2D eigenvalue weighted by molar-refractivity contribution is -0.114. The van der Waals surface area contributed by atoms with Gasteiger partial charge < -0.3 is 0 Å². The molecule has 0 aliphatic rings. The van der Waals surface area contributed by atoms with E-state index in [1.807, 2.05) is 49.4 Å². The molecule has 2 rings (SSSR count). The second-order valence-electron chi connectivity index (χ2n) is 4.86. The van der Waals surface area contributed by atoms with E-state index < -0.39 is 5.41 Å². The SMILES string of the molecule is CCCSC(=O)C(C)(c1ccccc1)c1ccncc1. The molecule has 0 bridgehead atoms. The molecule has 0 amide bonds. The van der Waals surface area contributed by atoms with Gasteiger partial charge in [-0.1, -0.05) is 49.0 Å². The highest BCUT2D eigenvalue weighted by Crippen LogP contribution is 2.36. The van der Waals surface area contributed by atoms with Gasteiger partial charge in [-0.3, -0.25) is 9.78 Å². The van der Waals surface area contributed by atoms with Crippen LogP contribution in [0.2, 0.25) is 0 Å². The number of benzene rings is 1. The van der Waals surface area contributed by atoms with Gasteiger partial charge in [-0.25, -0.2) is 0 Å². The Kier molecular flexibility index (Phi) is 4.96. The Labute approximate surface area is 124 Å². The minimum Gasteiger partial charge on any atom is -0.286 e. The number of hydrogen-bond acceptors (Lipinski definition) is 3. The highest BCUT2D eigenvalue weighted by molar-refractivity contribution is 8.13. The van der Waals surface area contributed by atoms with Crippen LogP contribution in [-0.4, -0.2) is 15.9 Å². The average molecular weight is 285 g/mol. The topological polar surface area (TPSA) is 30.0 Å². The van der Waals surface area contributed by atoms with Gasteiger partial charge in [-0.2, -0.15) is 0 Å². The molecule has 0 aliphatic carbocycles. The molecule has 0 saturated carbocycles. The molecular weight excluding hydrogens is 266 g/mol. The molecule has 1 aromatic heterocycles. The third kappa shape index (κ3) is 2.93. The van der Waals surface area contributed by atoms with Crippen molar-refractivity contribution in [3.63, 3.8) is 0 Å². The van der Waals surface area contributed by atoms with Gasteiger partial charge in [-0.05, 0) is 36.6 Å². The van der Waals surface area contributed by atoms with Gasteiger partial charge in [0.05, 0.1) is 5.41 Å². The van der Waals surface area contributed by atoms with Crippen LogP contribution in [0.1, 0.15) is 31.4 Å². The zero-order valence-corrected chi connectivity index (χ0v) is 12.7. The van der Waals surface area contributed by atoms with Gasteiger partial charge in [0, 0.05) is 18.1 Å². The van der Waals surface area contributed by atoms with Crippen molar-refractivity contribution in [1.29, 1.82) is 0 Å². The standard InChI is InChI=1S/C17H19NOS/c1-3-13-20-16(19)17(2,14-7-5-4-6-8-14)15-9-11-18-12-10-15/h4-12H,3,13H2,1-2H3. The van der Waals surface area contributed by atoms with E-state index in [1.165, 1.54) is 11.8 Å². The molecule has 1 heterocycles. The maximum absolute atomic E-state index is 12.8. The van der Waals surface area contributed by atoms with E-state index in [1.54, 1.807) is 12.4 Å². The molecular formula is C17H19NOS. The molecule has 3 heteroatoms. The first-order valence-corrected chi connectivity index (χ1v) is 7.81. The van der Waals surface area contributed by atoms with Crippen LogP contribution in [0.25, 0.3) is 0 Å². The number of rotatable bonds is 5. The Morgan fingerprint density at radius 2 is 1.70 bits per heavy atom. The zero-order chi connectivity index (χ0) is 14.4. The summed E-state index contributed by atoms with van der Waals surface area (Å²) in [6, 6.07) is 13.8. The molecule has 2 nitrogen and oxygen atoms in total. The van der Waals surface area contributed by atoms with E-state index in [4.69, 9.17) is 0 Å². The van der Waals surface area contributed by atoms with Crippen molar-refractivity contribution in [1.82, 2.24) is 4.98 Å². The zero-order valence-electron chi connectivity index (χ0n) is 11.9. The van der Waals surface area contributed by atoms with Crippen LogP contribution in [0.5, 0.6) is 0 Å². The van der Waals surface area contributed by atoms with Crippen molar-refractivity contribution >= 4 is 16.9 Å². The average Bonchev–Trinajstić information content (AvgIpc) is 2.53. The molecule has 1 unspecified atom stereocenters. The van der Waals surface area contributed by atoms with Gasteiger partial charge in [0.25, 0.3) is 0 Å². The molecule has 0 fully saturated rings. The van der Waals surface area contributed by atoms with Crippen LogP contribution < -0.4 is 0 Å². The van der Waals surface area contributed by atoms with E-state index in [2.05, 4.69) is 11.9 Å². The minimum atomic E-state index is -0.621. The number of thioether (sulfide) groups is 1. The van der Waals surface area contributed by atoms with Crippen molar-refractivity contribution in [3.05, 3.63) is 66.0 Å². The van der Waals surface area contributed by atoms with Crippen molar-refractivity contribution in [3.8, 4) is 0 Å². The first-order chi connectivity index (χ1) is 9.69. The van der Waals surface area contributed by atoms with Crippen LogP contribution >= 0.6 is 11.8 Å². The Hall–Kier alpha value is -1.61. The highest BCUT2D eigenvalue weighted by atomic mass is 32.2. The molecule has 104 valence electrons. The summed E-state index contributed by atoms with van der Waals surface area (Å²) >= 11 is 1.41. The number of aromatic nitrogens is 1. The number of carbonyl (C=O) groups is 1. The number of carbonyl (C=O) groups excluding carboxylic acids is 1. The molecule has 0 N–H and O–H groups in total. The highest BCUT2D eigenvalue weighted by Gasteiger charge is 2.36. The van der Waals surface area contributed by atoms with Gasteiger partial charge in [0.2, 0.25) is 5.12 Å². The molecule has 0 aliphatic heterocycles. The smallest absolute Gasteiger partial charge is 0.203 e. The summed E-state index contributed by atoms with van der Waals surface area (Å²) in [6.07, 6.45) is 4.49. The first kappa shape index (κ1) is 14.8. The summed E-state index contributed by atoms with van der Waals surface area (Å²) in [4.78, 5) is 16.8. The summed E-state index contributed by atoms with van der Waals surface area (Å²) in [7, 11) is 0. The van der Waals surface area contributed by atoms with Crippen molar-refractivity contribution in [2.24, 2.45) is 0 Å². The van der Waals surface area contributed by atoms with Crippen LogP contribution in [0.4, 0.5) is 0 Å². The fraction of sp³-hybridized carbons (Fsp3) is 0.294. The van der Waals surface area contributed by atoms with Crippen LogP contribution in [-0.2, 0) is 10.2 Å². The van der Waals surface area contributed by atoms with Gasteiger partial charge in [0.1, 0.15) is 0 Å². The Morgan fingerprint density at radius 3 is 2.30 bits per heavy atom. The van der Waals surface area contributed by atoms with Gasteiger partial charge in [0.15, 0.2) is 0 Å². The summed E-state index contributed by atoms with van der Waals surface area (Å²) in [5.41, 5.74) is 1.40. The summed E-state index contributed by atoms with van der Waals surface area (Å²) in [5.74, 6) is 0.854. The third-order valence-electron chi connectivity index (χ3n) is 3.45. The third-order valence-corrected chi connectivity index (χ3v) is 4.74. The monoisotopic (exact) mass is 285 g/mol. The predicted octanol–water partition coefficient (Wildman–Crippen LogP) is 4.06. The molecule has 0 radical (unpaired) electrons. The lowest BCUT2D eigenvalue weighted by atomic mass is 9.78. The molecule has 0 saturated heterocycles. The lowest BCUT2D eigenvalue weighted by Crippen LogP contribution is -2.32. The quantitative estimate of drug-likeness (QED) is 0.830. The molecule has 1 aromatic carbocycles. The second kappa shape index (κ2) is 6.71. The van der Waals surface area contributed by atoms with E-state index in [9.17, 15) is 4.79 Å². The Bertz CT molecular complexity index is 514. The molecule has 0 spiro atoms. The maximum Gasteiger partial charge on any atom is 0.203 e. The number of hydrogen-bond donors (Lipinski definition) is 0. The lowest BCUT2D eigenvalue weighted by Gasteiger charge is -2.28. The van der Waals surface area contributed by atoms with Crippen molar-refractivity contribution < 1.29 is 4.79 Å². The number of nitrogens with zero attached hydrogens (tertiary/aromatic N) is 1. The van der Waals surface area contributed by atoms with E-state index in [-0.39, 0.29) is 5.12 Å². The van der Waals surface area contributed by atoms with E-state index >= 15 is 0 Å². The Balaban J connectivity index is 2.46. The number of pyridine rings is 1. The Morgan fingerprint density at radius 1 is 1.10 bits per heavy atom. The van der Waals surface area contributed by atoms with Gasteiger partial charge in [-0.15, -0.1) is 0 Å². The molecule has 20 heavy (non-hydrogen) atoms. The van der Waals surface area contributed by atoms with Crippen LogP contribution in [0.15, 0.2) is 54.9 Å². The predicted molar refractivity (Wildman–Crippen MR) is 84.9 cm³/mol. The van der Waals surface area contributed by atoms with Crippen LogP contribution in [0, 0.1) is 0 Å². The summed E-state index contributed by atoms with van der Waals surface area (Å²) in [5, 5.41) is 0.191. The van der Waals surface area contributed by atoms with E-state index in [0.29, 0.717) is 0 Å². The fourth-order valence-electron chi connectivity index (χ4n) is 2.20. The van der Waals surface area contributed by atoms with Crippen molar-refractivity contribution in [2.45, 2.75) is 25.7 Å². The minimum absolute atomic E-state index is 0.191. The summed E-state index contributed by atoms with van der Waals surface area (Å²) < 4.78 is 0. The first-order valence-electron chi connectivity index (χ1n) is 6.83. The molecule has 1 atom stereocenters. The molecule has 2 aromatic rings. The van der Waals surface area contributed by atoms with Crippen molar-refractivity contribution in [2.75, 3.05) is 5.75 Å². The normalized spacial score (nSPS) is 13.7.